The van der Waals surface area contributed by atoms with Crippen LogP contribution in [0.25, 0.3) is 0 Å². The molecule has 0 aromatic heterocycles. The first-order chi connectivity index (χ1) is 13.5. The molecule has 7 heteroatoms. The van der Waals surface area contributed by atoms with E-state index in [1.807, 2.05) is 18.2 Å². The Morgan fingerprint density at radius 2 is 1.82 bits per heavy atom. The van der Waals surface area contributed by atoms with Gasteiger partial charge in [0.25, 0.3) is 5.91 Å². The summed E-state index contributed by atoms with van der Waals surface area (Å²) in [6.07, 6.45) is 1.48. The summed E-state index contributed by atoms with van der Waals surface area (Å²) in [5.41, 5.74) is 1.69. The Labute approximate surface area is 166 Å². The van der Waals surface area contributed by atoms with E-state index in [0.29, 0.717) is 18.7 Å². The molecule has 2 N–H and O–H groups in total. The third-order valence-electron chi connectivity index (χ3n) is 4.86. The van der Waals surface area contributed by atoms with Crippen molar-refractivity contribution in [3.8, 4) is 0 Å². The van der Waals surface area contributed by atoms with Gasteiger partial charge in [0.15, 0.2) is 0 Å². The van der Waals surface area contributed by atoms with Crippen molar-refractivity contribution in [1.82, 2.24) is 9.62 Å². The second-order valence-corrected chi connectivity index (χ2v) is 8.64. The first-order valence-electron chi connectivity index (χ1n) is 9.37. The van der Waals surface area contributed by atoms with E-state index in [-0.39, 0.29) is 17.3 Å². The monoisotopic (exact) mass is 400 g/mol. The number of hydrogen-bond acceptors (Lipinski definition) is 3. The minimum absolute atomic E-state index is 0.0912. The van der Waals surface area contributed by atoms with Gasteiger partial charge in [0.1, 0.15) is 6.54 Å². The molecule has 1 aliphatic rings. The van der Waals surface area contributed by atoms with E-state index in [4.69, 9.17) is 0 Å². The second kappa shape index (κ2) is 9.14. The molecule has 3 rings (SSSR count). The molecule has 0 atom stereocenters. The summed E-state index contributed by atoms with van der Waals surface area (Å²) in [4.78, 5) is 16.2. The number of amides is 1. The first-order valence-corrected chi connectivity index (χ1v) is 10.9. The summed E-state index contributed by atoms with van der Waals surface area (Å²) >= 11 is 0. The van der Waals surface area contributed by atoms with Crippen LogP contribution in [0.2, 0.25) is 0 Å². The average Bonchev–Trinajstić information content (AvgIpc) is 2.73. The Morgan fingerprint density at radius 3 is 2.50 bits per heavy atom. The highest BCUT2D eigenvalue weighted by molar-refractivity contribution is 7.89. The summed E-state index contributed by atoms with van der Waals surface area (Å²) in [7, 11) is -3.65. The lowest BCUT2D eigenvalue weighted by molar-refractivity contribution is -0.917. The zero-order valence-electron chi connectivity index (χ0n) is 15.8. The minimum Gasteiger partial charge on any atom is -0.328 e. The number of piperazine rings is 1. The van der Waals surface area contributed by atoms with Gasteiger partial charge < -0.3 is 9.80 Å². The number of nitrogens with one attached hydrogen (secondary N) is 2. The van der Waals surface area contributed by atoms with E-state index >= 15 is 0 Å². The molecule has 1 amide bonds. The Balaban J connectivity index is 1.62. The molecule has 1 aliphatic heterocycles. The number of quaternary nitrogens is 1. The topological polar surface area (TPSA) is 70.9 Å². The number of rotatable bonds is 7. The van der Waals surface area contributed by atoms with E-state index in [1.54, 1.807) is 17.0 Å². The van der Waals surface area contributed by atoms with Crippen LogP contribution in [0, 0.1) is 0 Å². The standard InChI is InChI=1S/C21H25N3O3S/c1-2-11-22-28(26,27)20-10-6-9-19(16-20)21(25)24-14-12-23(13-15-24)17-18-7-4-3-5-8-18/h2-10,16,22H,1,11-15,17H2/p+1. The van der Waals surface area contributed by atoms with Crippen LogP contribution in [0.15, 0.2) is 72.1 Å². The zero-order valence-corrected chi connectivity index (χ0v) is 16.6. The molecular formula is C21H26N3O3S+. The van der Waals surface area contributed by atoms with E-state index in [2.05, 4.69) is 23.4 Å². The summed E-state index contributed by atoms with van der Waals surface area (Å²) in [5, 5.41) is 0. The molecule has 28 heavy (non-hydrogen) atoms. The van der Waals surface area contributed by atoms with Crippen molar-refractivity contribution in [2.45, 2.75) is 11.4 Å². The maximum absolute atomic E-state index is 12.8. The van der Waals surface area contributed by atoms with Gasteiger partial charge in [-0.2, -0.15) is 0 Å². The van der Waals surface area contributed by atoms with Crippen molar-refractivity contribution in [2.75, 3.05) is 32.7 Å². The van der Waals surface area contributed by atoms with Crippen molar-refractivity contribution < 1.29 is 18.1 Å². The normalized spacial score (nSPS) is 15.4. The molecule has 0 spiro atoms. The van der Waals surface area contributed by atoms with Gasteiger partial charge in [0.05, 0.1) is 31.1 Å². The van der Waals surface area contributed by atoms with Crippen LogP contribution in [-0.4, -0.2) is 51.9 Å². The highest BCUT2D eigenvalue weighted by Crippen LogP contribution is 2.13. The van der Waals surface area contributed by atoms with Crippen LogP contribution in [0.5, 0.6) is 0 Å². The average molecular weight is 401 g/mol. The SMILES string of the molecule is C=CCNS(=O)(=O)c1cccc(C(=O)N2CC[NH+](Cc3ccccc3)CC2)c1. The summed E-state index contributed by atoms with van der Waals surface area (Å²) < 4.78 is 27.0. The molecule has 0 aliphatic carbocycles. The fourth-order valence-electron chi connectivity index (χ4n) is 3.32. The predicted octanol–water partition coefficient (Wildman–Crippen LogP) is 0.692. The molecule has 1 heterocycles. The van der Waals surface area contributed by atoms with Gasteiger partial charge >= 0.3 is 0 Å². The highest BCUT2D eigenvalue weighted by atomic mass is 32.2. The van der Waals surface area contributed by atoms with Crippen molar-refractivity contribution >= 4 is 15.9 Å². The predicted molar refractivity (Wildman–Crippen MR) is 109 cm³/mol. The summed E-state index contributed by atoms with van der Waals surface area (Å²) in [5.74, 6) is -0.125. The number of hydrogen-bond donors (Lipinski definition) is 2. The van der Waals surface area contributed by atoms with E-state index in [9.17, 15) is 13.2 Å². The molecule has 2 aromatic carbocycles. The fraction of sp³-hybridized carbons (Fsp3) is 0.286. The van der Waals surface area contributed by atoms with Gasteiger partial charge in [-0.15, -0.1) is 6.58 Å². The third-order valence-corrected chi connectivity index (χ3v) is 6.28. The molecule has 0 radical (unpaired) electrons. The van der Waals surface area contributed by atoms with Crippen LogP contribution in [-0.2, 0) is 16.6 Å². The molecule has 2 aromatic rings. The number of sulfonamides is 1. The Kier molecular flexibility index (Phi) is 6.61. The molecule has 0 unspecified atom stereocenters. The third kappa shape index (κ3) is 5.07. The molecule has 148 valence electrons. The van der Waals surface area contributed by atoms with Crippen LogP contribution >= 0.6 is 0 Å². The lowest BCUT2D eigenvalue weighted by atomic mass is 10.1. The second-order valence-electron chi connectivity index (χ2n) is 6.87. The van der Waals surface area contributed by atoms with E-state index in [1.165, 1.54) is 28.7 Å². The molecule has 0 bridgehead atoms. The maximum atomic E-state index is 12.8. The van der Waals surface area contributed by atoms with Crippen molar-refractivity contribution in [1.29, 1.82) is 0 Å². The Hall–Kier alpha value is -2.48. The van der Waals surface area contributed by atoms with Gasteiger partial charge in [-0.05, 0) is 18.2 Å². The van der Waals surface area contributed by atoms with Crippen molar-refractivity contribution in [3.05, 3.63) is 78.4 Å². The van der Waals surface area contributed by atoms with Gasteiger partial charge in [-0.1, -0.05) is 42.5 Å². The summed E-state index contributed by atoms with van der Waals surface area (Å²) in [6, 6.07) is 16.5. The highest BCUT2D eigenvalue weighted by Gasteiger charge is 2.25. The quantitative estimate of drug-likeness (QED) is 0.672. The van der Waals surface area contributed by atoms with Gasteiger partial charge in [0, 0.05) is 17.7 Å². The maximum Gasteiger partial charge on any atom is 0.254 e. The molecule has 6 nitrogen and oxygen atoms in total. The fourth-order valence-corrected chi connectivity index (χ4v) is 4.36. The zero-order chi connectivity index (χ0) is 20.0. The molecule has 1 saturated heterocycles. The molecule has 1 fully saturated rings. The van der Waals surface area contributed by atoms with Crippen molar-refractivity contribution in [3.63, 3.8) is 0 Å². The molecule has 0 saturated carbocycles. The van der Waals surface area contributed by atoms with Crippen LogP contribution < -0.4 is 9.62 Å². The Bertz CT molecular complexity index is 921. The number of benzene rings is 2. The van der Waals surface area contributed by atoms with Crippen LogP contribution in [0.4, 0.5) is 0 Å². The van der Waals surface area contributed by atoms with E-state index in [0.717, 1.165) is 19.6 Å². The van der Waals surface area contributed by atoms with Crippen LogP contribution in [0.3, 0.4) is 0 Å². The first kappa shape index (κ1) is 20.3. The number of nitrogens with zero attached hydrogens (tertiary/aromatic N) is 1. The van der Waals surface area contributed by atoms with Crippen LogP contribution in [0.1, 0.15) is 15.9 Å². The Morgan fingerprint density at radius 1 is 1.11 bits per heavy atom. The number of carbonyl (C=O) groups is 1. The largest absolute Gasteiger partial charge is 0.328 e. The smallest absolute Gasteiger partial charge is 0.254 e. The lowest BCUT2D eigenvalue weighted by Crippen LogP contribution is -3.13. The van der Waals surface area contributed by atoms with Gasteiger partial charge in [0.2, 0.25) is 10.0 Å². The van der Waals surface area contributed by atoms with Crippen molar-refractivity contribution in [2.24, 2.45) is 0 Å². The molecular weight excluding hydrogens is 374 g/mol. The minimum atomic E-state index is -3.65. The lowest BCUT2D eigenvalue weighted by Gasteiger charge is -2.32. The van der Waals surface area contributed by atoms with Gasteiger partial charge in [-0.3, -0.25) is 4.79 Å². The van der Waals surface area contributed by atoms with E-state index < -0.39 is 10.0 Å². The summed E-state index contributed by atoms with van der Waals surface area (Å²) in [6.45, 7) is 7.67. The van der Waals surface area contributed by atoms with Gasteiger partial charge in [-0.25, -0.2) is 13.1 Å². The number of carbonyl (C=O) groups excluding carboxylic acids is 1.